The van der Waals surface area contributed by atoms with Crippen LogP contribution in [0.15, 0.2) is 66.9 Å². The molecule has 2 amide bonds. The summed E-state index contributed by atoms with van der Waals surface area (Å²) in [4.78, 5) is 33.7. The van der Waals surface area contributed by atoms with Gasteiger partial charge >= 0.3 is 0 Å². The highest BCUT2D eigenvalue weighted by Crippen LogP contribution is 2.32. The van der Waals surface area contributed by atoms with Gasteiger partial charge in [-0.1, -0.05) is 37.0 Å². The second-order valence-corrected chi connectivity index (χ2v) is 9.23. The van der Waals surface area contributed by atoms with Crippen LogP contribution in [0.3, 0.4) is 0 Å². The molecule has 0 radical (unpaired) electrons. The van der Waals surface area contributed by atoms with E-state index in [9.17, 15) is 14.0 Å². The normalized spacial score (nSPS) is 18.1. The van der Waals surface area contributed by atoms with Gasteiger partial charge < -0.3 is 19.7 Å². The number of fused-ring (bicyclic) bond motifs is 1. The molecule has 1 aromatic heterocycles. The summed E-state index contributed by atoms with van der Waals surface area (Å²) in [6, 6.07) is 16.5. The molecule has 0 unspecified atom stereocenters. The fraction of sp³-hybridized carbons (Fsp3) is 0.276. The molecule has 2 aromatic carbocycles. The molecule has 1 atom stereocenters. The lowest BCUT2D eigenvalue weighted by molar-refractivity contribution is -0.120. The first-order valence-corrected chi connectivity index (χ1v) is 12.3. The summed E-state index contributed by atoms with van der Waals surface area (Å²) in [5.41, 5.74) is -0.355. The summed E-state index contributed by atoms with van der Waals surface area (Å²) in [6.07, 6.45) is 1.47. The number of likely N-dealkylation sites (tertiary alicyclic amines) is 1. The number of nitrogens with one attached hydrogen (secondary N) is 1. The summed E-state index contributed by atoms with van der Waals surface area (Å²) in [5.74, 6) is 6.25. The Labute approximate surface area is 220 Å². The zero-order chi connectivity index (χ0) is 26.7. The third-order valence-electron chi connectivity index (χ3n) is 6.43. The molecule has 3 aromatic rings. The number of likely N-dealkylation sites (N-methyl/N-ethyl adjacent to an activating group) is 1. The molecule has 0 saturated carbocycles. The zero-order valence-electron chi connectivity index (χ0n) is 21.1. The molecule has 1 saturated heterocycles. The van der Waals surface area contributed by atoms with Crippen molar-refractivity contribution in [2.75, 3.05) is 38.2 Å². The number of para-hydroxylation sites is 1. The summed E-state index contributed by atoms with van der Waals surface area (Å²) in [5, 5.41) is 2.71. The molecule has 2 aliphatic heterocycles. The third-order valence-corrected chi connectivity index (χ3v) is 6.43. The maximum absolute atomic E-state index is 14.7. The van der Waals surface area contributed by atoms with Crippen LogP contribution in [0, 0.1) is 11.8 Å². The molecule has 0 bridgehead atoms. The number of halogens is 1. The van der Waals surface area contributed by atoms with Crippen molar-refractivity contribution in [2.24, 2.45) is 0 Å². The third kappa shape index (κ3) is 5.45. The number of benzene rings is 2. The van der Waals surface area contributed by atoms with Gasteiger partial charge in [0.25, 0.3) is 11.8 Å². The molecule has 1 N–H and O–H groups in total. The van der Waals surface area contributed by atoms with Crippen LogP contribution in [-0.2, 0) is 4.79 Å². The Morgan fingerprint density at radius 3 is 2.74 bits per heavy atom. The largest absolute Gasteiger partial charge is 0.489 e. The highest BCUT2D eigenvalue weighted by Gasteiger charge is 2.41. The van der Waals surface area contributed by atoms with E-state index < -0.39 is 17.6 Å². The lowest BCUT2D eigenvalue weighted by Crippen LogP contribution is -2.57. The van der Waals surface area contributed by atoms with Gasteiger partial charge in [0.05, 0.1) is 5.69 Å². The van der Waals surface area contributed by atoms with Gasteiger partial charge in [-0.25, -0.2) is 4.39 Å². The number of rotatable bonds is 5. The van der Waals surface area contributed by atoms with Gasteiger partial charge in [-0.05, 0) is 42.9 Å². The van der Waals surface area contributed by atoms with Crippen LogP contribution in [0.1, 0.15) is 23.0 Å². The van der Waals surface area contributed by atoms with Crippen LogP contribution in [0.5, 0.6) is 17.2 Å². The number of aromatic nitrogens is 1. The second-order valence-electron chi connectivity index (χ2n) is 9.23. The van der Waals surface area contributed by atoms with Crippen LogP contribution < -0.4 is 19.7 Å². The number of alkyl halides is 1. The van der Waals surface area contributed by atoms with E-state index in [1.54, 1.807) is 43.4 Å². The van der Waals surface area contributed by atoms with Gasteiger partial charge in [-0.2, -0.15) is 0 Å². The van der Waals surface area contributed by atoms with E-state index in [1.807, 2.05) is 30.0 Å². The fourth-order valence-corrected chi connectivity index (χ4v) is 4.28. The molecule has 1 fully saturated rings. The smallest absolute Gasteiger partial charge is 0.270 e. The lowest BCUT2D eigenvalue weighted by Gasteiger charge is -2.40. The van der Waals surface area contributed by atoms with Crippen molar-refractivity contribution >= 4 is 17.5 Å². The number of ether oxygens (including phenoxy) is 2. The first-order valence-electron chi connectivity index (χ1n) is 12.3. The monoisotopic (exact) mass is 514 g/mol. The summed E-state index contributed by atoms with van der Waals surface area (Å²) in [6.45, 7) is 3.29. The Hall–Kier alpha value is -4.42. The summed E-state index contributed by atoms with van der Waals surface area (Å²) < 4.78 is 26.3. The molecule has 3 heterocycles. The number of hydrogen-bond donors (Lipinski definition) is 1. The topological polar surface area (TPSA) is 84.0 Å². The Morgan fingerprint density at radius 1 is 1.18 bits per heavy atom. The first kappa shape index (κ1) is 25.2. The van der Waals surface area contributed by atoms with Crippen LogP contribution >= 0.6 is 0 Å². The zero-order valence-corrected chi connectivity index (χ0v) is 21.1. The lowest BCUT2D eigenvalue weighted by atomic mass is 9.96. The minimum atomic E-state index is -1.52. The molecular formula is C29H27FN4O4. The van der Waals surface area contributed by atoms with Crippen molar-refractivity contribution in [3.05, 3.63) is 78.1 Å². The van der Waals surface area contributed by atoms with Crippen LogP contribution in [0.4, 0.5) is 10.1 Å². The van der Waals surface area contributed by atoms with E-state index in [4.69, 9.17) is 9.47 Å². The Morgan fingerprint density at radius 2 is 1.97 bits per heavy atom. The first-order chi connectivity index (χ1) is 18.3. The average molecular weight is 515 g/mol. The van der Waals surface area contributed by atoms with Gasteiger partial charge in [0.2, 0.25) is 0 Å². The van der Waals surface area contributed by atoms with Crippen molar-refractivity contribution in [1.82, 2.24) is 15.2 Å². The number of pyridine rings is 1. The fourth-order valence-electron chi connectivity index (χ4n) is 4.28. The predicted octanol–water partition coefficient (Wildman–Crippen LogP) is 3.42. The van der Waals surface area contributed by atoms with Crippen molar-refractivity contribution in [2.45, 2.75) is 18.6 Å². The van der Waals surface area contributed by atoms with Crippen LogP contribution in [0.25, 0.3) is 0 Å². The number of amides is 2. The standard InChI is InChI=1S/C29H27FN4O4/c1-3-34-18-29(30,19-34)13-11-20-9-10-26-25(15-20)33(2)28(36)24(17-37-26)32-27(35)23-16-22(12-14-31-23)38-21-7-5-4-6-8-21/h4-10,12,14-16,24H,3,17-19H2,1-2H3,(H,32,35)/t24-/m1/s1. The van der Waals surface area contributed by atoms with Gasteiger partial charge in [0.1, 0.15) is 35.6 Å². The molecule has 9 heteroatoms. The van der Waals surface area contributed by atoms with E-state index in [0.717, 1.165) is 6.54 Å². The highest BCUT2D eigenvalue weighted by molar-refractivity contribution is 6.03. The van der Waals surface area contributed by atoms with E-state index in [-0.39, 0.29) is 18.2 Å². The van der Waals surface area contributed by atoms with Crippen molar-refractivity contribution in [3.8, 4) is 29.1 Å². The predicted molar refractivity (Wildman–Crippen MR) is 140 cm³/mol. The number of anilines is 1. The van der Waals surface area contributed by atoms with Crippen LogP contribution in [0.2, 0.25) is 0 Å². The van der Waals surface area contributed by atoms with Crippen molar-refractivity contribution < 1.29 is 23.5 Å². The van der Waals surface area contributed by atoms with Crippen LogP contribution in [-0.4, -0.2) is 66.7 Å². The van der Waals surface area contributed by atoms with Gasteiger partial charge in [0.15, 0.2) is 5.67 Å². The molecule has 5 rings (SSSR count). The molecule has 0 aliphatic carbocycles. The molecule has 2 aliphatic rings. The minimum absolute atomic E-state index is 0.0619. The maximum atomic E-state index is 14.7. The molecule has 194 valence electrons. The Balaban J connectivity index is 1.27. The molecule has 38 heavy (non-hydrogen) atoms. The summed E-state index contributed by atoms with van der Waals surface area (Å²) in [7, 11) is 1.60. The Bertz CT molecular complexity index is 1410. The number of hydrogen-bond acceptors (Lipinski definition) is 6. The van der Waals surface area contributed by atoms with Gasteiger partial charge in [0, 0.05) is 38.0 Å². The van der Waals surface area contributed by atoms with E-state index >= 15 is 0 Å². The van der Waals surface area contributed by atoms with E-state index in [1.165, 1.54) is 17.2 Å². The maximum Gasteiger partial charge on any atom is 0.270 e. The molecule has 8 nitrogen and oxygen atoms in total. The van der Waals surface area contributed by atoms with Crippen molar-refractivity contribution in [1.29, 1.82) is 0 Å². The second kappa shape index (κ2) is 10.5. The van der Waals surface area contributed by atoms with Gasteiger partial charge in [-0.3, -0.25) is 19.5 Å². The average Bonchev–Trinajstić information content (AvgIpc) is 3.03. The van der Waals surface area contributed by atoms with Gasteiger partial charge in [-0.15, -0.1) is 0 Å². The summed E-state index contributed by atoms with van der Waals surface area (Å²) >= 11 is 0. The number of carbonyl (C=O) groups is 2. The Kier molecular flexibility index (Phi) is 6.99. The number of carbonyl (C=O) groups excluding carboxylic acids is 2. The highest BCUT2D eigenvalue weighted by atomic mass is 19.1. The number of nitrogens with zero attached hydrogens (tertiary/aromatic N) is 3. The molecule has 0 spiro atoms. The quantitative estimate of drug-likeness (QED) is 0.526. The SMILES string of the molecule is CCN1CC(F)(C#Cc2ccc3c(c2)N(C)C(=O)[C@H](NC(=O)c2cc(Oc4ccccc4)ccn2)CO3)C1. The van der Waals surface area contributed by atoms with E-state index in [0.29, 0.717) is 41.6 Å². The van der Waals surface area contributed by atoms with E-state index in [2.05, 4.69) is 22.1 Å². The van der Waals surface area contributed by atoms with Crippen molar-refractivity contribution in [3.63, 3.8) is 0 Å². The minimum Gasteiger partial charge on any atom is -0.489 e. The molecular weight excluding hydrogens is 487 g/mol.